The van der Waals surface area contributed by atoms with Crippen molar-refractivity contribution in [2.45, 2.75) is 26.4 Å². The standard InChI is InChI=1S/C14H18N4OS2/c1-4-7-18-12(16-17-14(18)20)11(9(2)3)15-13(19)10-6-5-8-21-10/h4-6,8-9,11H,1,7H2,2-3H3,(H,15,19)(H,17,20)/t11-/m0/s1. The van der Waals surface area contributed by atoms with Crippen LogP contribution in [0.1, 0.15) is 35.4 Å². The molecule has 2 N–H and O–H groups in total. The lowest BCUT2D eigenvalue weighted by Gasteiger charge is -2.21. The molecule has 0 saturated carbocycles. The Morgan fingerprint density at radius 3 is 3.00 bits per heavy atom. The zero-order chi connectivity index (χ0) is 15.4. The fourth-order valence-electron chi connectivity index (χ4n) is 2.02. The molecule has 0 unspecified atom stereocenters. The number of carbonyl (C=O) groups excluding carboxylic acids is 1. The average Bonchev–Trinajstić information content (AvgIpc) is 3.08. The maximum atomic E-state index is 12.3. The van der Waals surface area contributed by atoms with E-state index in [0.717, 1.165) is 5.82 Å². The van der Waals surface area contributed by atoms with Crippen molar-refractivity contribution in [2.24, 2.45) is 5.92 Å². The van der Waals surface area contributed by atoms with Gasteiger partial charge in [-0.2, -0.15) is 5.10 Å². The molecule has 2 aromatic rings. The lowest BCUT2D eigenvalue weighted by molar-refractivity contribution is 0.0926. The lowest BCUT2D eigenvalue weighted by atomic mass is 10.0. The Balaban J connectivity index is 2.29. The average molecular weight is 322 g/mol. The monoisotopic (exact) mass is 322 g/mol. The van der Waals surface area contributed by atoms with E-state index in [1.165, 1.54) is 11.3 Å². The summed E-state index contributed by atoms with van der Waals surface area (Å²) in [4.78, 5) is 13.0. The minimum Gasteiger partial charge on any atom is -0.341 e. The first-order valence-electron chi connectivity index (χ1n) is 6.65. The van der Waals surface area contributed by atoms with E-state index < -0.39 is 0 Å². The van der Waals surface area contributed by atoms with Crippen LogP contribution in [0.15, 0.2) is 30.2 Å². The van der Waals surface area contributed by atoms with Gasteiger partial charge in [0.1, 0.15) is 0 Å². The van der Waals surface area contributed by atoms with E-state index in [2.05, 4.69) is 22.1 Å². The number of allylic oxidation sites excluding steroid dienone is 1. The second-order valence-corrected chi connectivity index (χ2v) is 6.29. The second-order valence-electron chi connectivity index (χ2n) is 4.96. The van der Waals surface area contributed by atoms with E-state index in [9.17, 15) is 4.79 Å². The predicted octanol–water partition coefficient (Wildman–Crippen LogP) is 3.32. The summed E-state index contributed by atoms with van der Waals surface area (Å²) in [6.45, 7) is 8.36. The maximum absolute atomic E-state index is 12.3. The third-order valence-corrected chi connectivity index (χ3v) is 4.26. The van der Waals surface area contributed by atoms with E-state index in [0.29, 0.717) is 16.2 Å². The number of carbonyl (C=O) groups is 1. The summed E-state index contributed by atoms with van der Waals surface area (Å²) < 4.78 is 2.38. The highest BCUT2D eigenvalue weighted by Gasteiger charge is 2.24. The Hall–Kier alpha value is -1.73. The molecule has 112 valence electrons. The fourth-order valence-corrected chi connectivity index (χ4v) is 2.86. The maximum Gasteiger partial charge on any atom is 0.261 e. The van der Waals surface area contributed by atoms with Gasteiger partial charge < -0.3 is 5.32 Å². The van der Waals surface area contributed by atoms with Crippen LogP contribution in [0.2, 0.25) is 0 Å². The van der Waals surface area contributed by atoms with Crippen LogP contribution in [-0.4, -0.2) is 20.7 Å². The van der Waals surface area contributed by atoms with E-state index in [4.69, 9.17) is 12.2 Å². The number of amides is 1. The van der Waals surface area contributed by atoms with Crippen molar-refractivity contribution in [1.82, 2.24) is 20.1 Å². The number of aromatic amines is 1. The molecule has 21 heavy (non-hydrogen) atoms. The molecule has 2 heterocycles. The minimum atomic E-state index is -0.215. The largest absolute Gasteiger partial charge is 0.341 e. The van der Waals surface area contributed by atoms with Gasteiger partial charge in [0.15, 0.2) is 10.6 Å². The number of hydrogen-bond donors (Lipinski definition) is 2. The van der Waals surface area contributed by atoms with E-state index in [-0.39, 0.29) is 17.9 Å². The van der Waals surface area contributed by atoms with Gasteiger partial charge in [0.2, 0.25) is 0 Å². The van der Waals surface area contributed by atoms with Gasteiger partial charge in [-0.25, -0.2) is 0 Å². The molecule has 0 radical (unpaired) electrons. The molecule has 0 aliphatic rings. The van der Waals surface area contributed by atoms with Crippen molar-refractivity contribution in [3.8, 4) is 0 Å². The van der Waals surface area contributed by atoms with Gasteiger partial charge in [0.05, 0.1) is 10.9 Å². The highest BCUT2D eigenvalue weighted by atomic mass is 32.1. The predicted molar refractivity (Wildman–Crippen MR) is 87.0 cm³/mol. The first-order valence-corrected chi connectivity index (χ1v) is 7.93. The number of nitrogens with zero attached hydrogens (tertiary/aromatic N) is 2. The summed E-state index contributed by atoms with van der Waals surface area (Å²) in [7, 11) is 0. The SMILES string of the molecule is C=CCn1c([C@@H](NC(=O)c2cccs2)C(C)C)n[nH]c1=S. The summed E-state index contributed by atoms with van der Waals surface area (Å²) in [6, 6.07) is 3.45. The quantitative estimate of drug-likeness (QED) is 0.633. The Kier molecular flexibility index (Phi) is 5.08. The molecule has 7 heteroatoms. The van der Waals surface area contributed by atoms with Crippen LogP contribution in [0.3, 0.4) is 0 Å². The van der Waals surface area contributed by atoms with Crippen molar-refractivity contribution in [1.29, 1.82) is 0 Å². The van der Waals surface area contributed by atoms with E-state index in [1.807, 2.05) is 29.9 Å². The molecule has 0 aromatic carbocycles. The number of nitrogens with one attached hydrogen (secondary N) is 2. The van der Waals surface area contributed by atoms with Crippen molar-refractivity contribution in [3.05, 3.63) is 45.6 Å². The molecule has 0 aliphatic carbocycles. The number of H-pyrrole nitrogens is 1. The van der Waals surface area contributed by atoms with Crippen molar-refractivity contribution >= 4 is 29.5 Å². The molecule has 0 bridgehead atoms. The van der Waals surface area contributed by atoms with Gasteiger partial charge in [-0.1, -0.05) is 26.0 Å². The zero-order valence-electron chi connectivity index (χ0n) is 12.0. The number of aromatic nitrogens is 3. The number of hydrogen-bond acceptors (Lipinski definition) is 4. The normalized spacial score (nSPS) is 12.3. The van der Waals surface area contributed by atoms with Crippen LogP contribution in [0, 0.1) is 10.7 Å². The zero-order valence-corrected chi connectivity index (χ0v) is 13.6. The highest BCUT2D eigenvalue weighted by molar-refractivity contribution is 7.71. The topological polar surface area (TPSA) is 62.7 Å². The smallest absolute Gasteiger partial charge is 0.261 e. The third kappa shape index (κ3) is 3.48. The minimum absolute atomic E-state index is 0.0947. The van der Waals surface area contributed by atoms with Crippen molar-refractivity contribution in [2.75, 3.05) is 0 Å². The third-order valence-electron chi connectivity index (χ3n) is 3.08. The van der Waals surface area contributed by atoms with Crippen LogP contribution in [-0.2, 0) is 6.54 Å². The molecule has 1 atom stereocenters. The lowest BCUT2D eigenvalue weighted by Crippen LogP contribution is -2.33. The van der Waals surface area contributed by atoms with Gasteiger partial charge in [-0.3, -0.25) is 14.5 Å². The van der Waals surface area contributed by atoms with Crippen LogP contribution in [0.25, 0.3) is 0 Å². The first kappa shape index (κ1) is 15.7. The fraction of sp³-hybridized carbons (Fsp3) is 0.357. The summed E-state index contributed by atoms with van der Waals surface area (Å²) in [6.07, 6.45) is 1.76. The molecule has 0 fully saturated rings. The molecule has 1 amide bonds. The van der Waals surface area contributed by atoms with Crippen molar-refractivity contribution < 1.29 is 4.79 Å². The van der Waals surface area contributed by atoms with Gasteiger partial charge in [0.25, 0.3) is 5.91 Å². The second kappa shape index (κ2) is 6.82. The summed E-state index contributed by atoms with van der Waals surface area (Å²) >= 11 is 6.64. The molecule has 0 spiro atoms. The van der Waals surface area contributed by atoms with E-state index >= 15 is 0 Å². The molecule has 2 aromatic heterocycles. The molecular formula is C14H18N4OS2. The van der Waals surface area contributed by atoms with E-state index in [1.54, 1.807) is 12.1 Å². The van der Waals surface area contributed by atoms with Gasteiger partial charge in [0, 0.05) is 6.54 Å². The molecule has 2 rings (SSSR count). The Morgan fingerprint density at radius 2 is 2.43 bits per heavy atom. The molecular weight excluding hydrogens is 304 g/mol. The Bertz CT molecular complexity index is 669. The Morgan fingerprint density at radius 1 is 1.67 bits per heavy atom. The van der Waals surface area contributed by atoms with Crippen LogP contribution in [0.5, 0.6) is 0 Å². The summed E-state index contributed by atoms with van der Waals surface area (Å²) in [5.74, 6) is 0.810. The van der Waals surface area contributed by atoms with Crippen molar-refractivity contribution in [3.63, 3.8) is 0 Å². The van der Waals surface area contributed by atoms with Crippen LogP contribution >= 0.6 is 23.6 Å². The van der Waals surface area contributed by atoms with Gasteiger partial charge in [-0.05, 0) is 29.6 Å². The molecule has 0 saturated heterocycles. The first-order chi connectivity index (χ1) is 10.0. The van der Waals surface area contributed by atoms with Gasteiger partial charge >= 0.3 is 0 Å². The molecule has 0 aliphatic heterocycles. The number of rotatable bonds is 6. The summed E-state index contributed by atoms with van der Waals surface area (Å²) in [5, 5.41) is 12.0. The Labute approximate surface area is 132 Å². The summed E-state index contributed by atoms with van der Waals surface area (Å²) in [5.41, 5.74) is 0. The highest BCUT2D eigenvalue weighted by Crippen LogP contribution is 2.21. The van der Waals surface area contributed by atoms with Crippen LogP contribution in [0.4, 0.5) is 0 Å². The number of thiophene rings is 1. The van der Waals surface area contributed by atoms with Gasteiger partial charge in [-0.15, -0.1) is 17.9 Å². The molecule has 5 nitrogen and oxygen atoms in total. The van der Waals surface area contributed by atoms with Crippen LogP contribution < -0.4 is 5.32 Å².